The zero-order valence-electron chi connectivity index (χ0n) is 6.04. The molecule has 1 unspecified atom stereocenters. The van der Waals surface area contributed by atoms with Crippen LogP contribution >= 0.6 is 0 Å². The Morgan fingerprint density at radius 3 is 3.00 bits per heavy atom. The summed E-state index contributed by atoms with van der Waals surface area (Å²) in [5, 5.41) is 10.6. The molecule has 0 radical (unpaired) electrons. The van der Waals surface area contributed by atoms with E-state index in [2.05, 4.69) is 20.1 Å². The normalized spacial score (nSPS) is 21.0. The molecule has 2 heterocycles. The van der Waals surface area contributed by atoms with E-state index in [1.165, 1.54) is 12.5 Å². The Labute approximate surface area is 68.1 Å². The van der Waals surface area contributed by atoms with Gasteiger partial charge in [-0.05, 0) is 17.4 Å². The van der Waals surface area contributed by atoms with Crippen LogP contribution in [0.3, 0.4) is 0 Å². The van der Waals surface area contributed by atoms with Gasteiger partial charge in [-0.15, -0.1) is 10.2 Å². The van der Waals surface area contributed by atoms with E-state index in [1.54, 1.807) is 12.1 Å². The Bertz CT molecular complexity index is 323. The first-order valence-corrected chi connectivity index (χ1v) is 3.39. The molecule has 5 heteroatoms. The smallest absolute Gasteiger partial charge is 0.323 e. The molecule has 0 saturated carbocycles. The average molecular weight is 163 g/mol. The molecule has 1 aliphatic heterocycles. The molecule has 2 rings (SSSR count). The van der Waals surface area contributed by atoms with Crippen molar-refractivity contribution in [1.29, 1.82) is 0 Å². The zero-order chi connectivity index (χ0) is 8.39. The van der Waals surface area contributed by atoms with Gasteiger partial charge in [-0.3, -0.25) is 4.79 Å². The van der Waals surface area contributed by atoms with Crippen molar-refractivity contribution in [3.63, 3.8) is 0 Å². The van der Waals surface area contributed by atoms with Gasteiger partial charge in [0.15, 0.2) is 0 Å². The Morgan fingerprint density at radius 2 is 2.42 bits per heavy atom. The van der Waals surface area contributed by atoms with E-state index in [4.69, 9.17) is 0 Å². The van der Waals surface area contributed by atoms with E-state index in [0.717, 1.165) is 0 Å². The van der Waals surface area contributed by atoms with Crippen LogP contribution in [-0.2, 0) is 9.53 Å². The van der Waals surface area contributed by atoms with Crippen LogP contribution in [0.15, 0.2) is 24.6 Å². The van der Waals surface area contributed by atoms with Gasteiger partial charge in [0.2, 0.25) is 0 Å². The summed E-state index contributed by atoms with van der Waals surface area (Å²) in [6.45, 7) is 0. The molecular formula is C7H5N3O2. The summed E-state index contributed by atoms with van der Waals surface area (Å²) in [6, 6.07) is 1.63. The van der Waals surface area contributed by atoms with Crippen molar-refractivity contribution >= 4 is 5.97 Å². The van der Waals surface area contributed by atoms with Crippen LogP contribution in [0.1, 0.15) is 11.6 Å². The van der Waals surface area contributed by atoms with Gasteiger partial charge >= 0.3 is 5.97 Å². The molecule has 5 nitrogen and oxygen atoms in total. The lowest BCUT2D eigenvalue weighted by atomic mass is 10.1. The molecule has 0 bridgehead atoms. The van der Waals surface area contributed by atoms with Crippen LogP contribution in [0.5, 0.6) is 0 Å². The van der Waals surface area contributed by atoms with E-state index in [0.29, 0.717) is 5.69 Å². The van der Waals surface area contributed by atoms with Crippen LogP contribution in [0.2, 0.25) is 0 Å². The monoisotopic (exact) mass is 163 g/mol. The number of carbonyl (C=O) groups excluding carboxylic acids is 1. The fourth-order valence-electron chi connectivity index (χ4n) is 0.972. The Kier molecular flexibility index (Phi) is 1.55. The number of cyclic esters (lactones) is 1. The summed E-state index contributed by atoms with van der Waals surface area (Å²) in [4.78, 5) is 11.0. The minimum atomic E-state index is -0.416. The van der Waals surface area contributed by atoms with E-state index in [9.17, 15) is 4.79 Å². The Hall–Kier alpha value is -1.78. The second kappa shape index (κ2) is 2.69. The maximum atomic E-state index is 11.0. The van der Waals surface area contributed by atoms with Gasteiger partial charge in [0.1, 0.15) is 5.92 Å². The van der Waals surface area contributed by atoms with Crippen LogP contribution < -0.4 is 0 Å². The molecule has 0 fully saturated rings. The molecular weight excluding hydrogens is 158 g/mol. The molecule has 1 aromatic heterocycles. The summed E-state index contributed by atoms with van der Waals surface area (Å²) >= 11 is 0. The topological polar surface area (TPSA) is 65.0 Å². The predicted molar refractivity (Wildman–Crippen MR) is 37.8 cm³/mol. The van der Waals surface area contributed by atoms with Gasteiger partial charge in [0.05, 0.1) is 18.2 Å². The van der Waals surface area contributed by atoms with Crippen LogP contribution in [-0.4, -0.2) is 21.4 Å². The van der Waals surface area contributed by atoms with E-state index in [-0.39, 0.29) is 5.97 Å². The van der Waals surface area contributed by atoms with Gasteiger partial charge in [-0.2, -0.15) is 0 Å². The third-order valence-corrected chi connectivity index (χ3v) is 1.55. The number of hydrogen-bond donors (Lipinski definition) is 0. The lowest BCUT2D eigenvalue weighted by Crippen LogP contribution is -2.08. The summed E-state index contributed by atoms with van der Waals surface area (Å²) < 4.78 is 4.61. The quantitative estimate of drug-likeness (QED) is 0.546. The largest absolute Gasteiger partial charge is 0.434 e. The highest BCUT2D eigenvalue weighted by Gasteiger charge is 2.24. The summed E-state index contributed by atoms with van der Waals surface area (Å²) in [6.07, 6.45) is 4.48. The third kappa shape index (κ3) is 1.05. The highest BCUT2D eigenvalue weighted by atomic mass is 16.5. The van der Waals surface area contributed by atoms with Crippen molar-refractivity contribution in [1.82, 2.24) is 15.4 Å². The first-order chi connectivity index (χ1) is 5.88. The van der Waals surface area contributed by atoms with Gasteiger partial charge in [0, 0.05) is 0 Å². The number of hydrogen-bond acceptors (Lipinski definition) is 5. The number of nitrogens with zero attached hydrogens (tertiary/aromatic N) is 3. The molecule has 1 atom stereocenters. The van der Waals surface area contributed by atoms with Crippen LogP contribution in [0.25, 0.3) is 0 Å². The molecule has 12 heavy (non-hydrogen) atoms. The van der Waals surface area contributed by atoms with Crippen molar-refractivity contribution in [2.75, 3.05) is 0 Å². The number of ether oxygens (including phenoxy) is 1. The lowest BCUT2D eigenvalue weighted by Gasteiger charge is -2.00. The van der Waals surface area contributed by atoms with Gasteiger partial charge in [-0.1, -0.05) is 0 Å². The fourth-order valence-corrected chi connectivity index (χ4v) is 0.972. The Morgan fingerprint density at radius 1 is 1.50 bits per heavy atom. The molecule has 0 saturated heterocycles. The number of carbonyl (C=O) groups is 1. The molecule has 0 N–H and O–H groups in total. The van der Waals surface area contributed by atoms with Crippen molar-refractivity contribution in [3.05, 3.63) is 30.3 Å². The highest BCUT2D eigenvalue weighted by Crippen LogP contribution is 2.20. The second-order valence-electron chi connectivity index (χ2n) is 2.29. The number of esters is 1. The molecule has 0 aromatic carbocycles. The highest BCUT2D eigenvalue weighted by molar-refractivity contribution is 5.82. The van der Waals surface area contributed by atoms with E-state index >= 15 is 0 Å². The van der Waals surface area contributed by atoms with Gasteiger partial charge < -0.3 is 4.74 Å². The molecule has 1 aliphatic rings. The number of rotatable bonds is 1. The number of aromatic nitrogens is 3. The molecule has 0 spiro atoms. The Balaban J connectivity index is 2.31. The van der Waals surface area contributed by atoms with Crippen molar-refractivity contribution in [2.45, 2.75) is 5.92 Å². The van der Waals surface area contributed by atoms with Gasteiger partial charge in [0.25, 0.3) is 0 Å². The van der Waals surface area contributed by atoms with E-state index in [1.807, 2.05) is 0 Å². The maximum absolute atomic E-state index is 11.0. The van der Waals surface area contributed by atoms with E-state index < -0.39 is 5.92 Å². The first kappa shape index (κ1) is 6.90. The summed E-state index contributed by atoms with van der Waals surface area (Å²) in [7, 11) is 0. The van der Waals surface area contributed by atoms with Crippen molar-refractivity contribution in [2.24, 2.45) is 0 Å². The first-order valence-electron chi connectivity index (χ1n) is 3.39. The average Bonchev–Trinajstić information content (AvgIpc) is 2.53. The minimum Gasteiger partial charge on any atom is -0.434 e. The predicted octanol–water partition coefficient (Wildman–Crippen LogP) is 0.0257. The minimum absolute atomic E-state index is 0.324. The zero-order valence-corrected chi connectivity index (χ0v) is 6.04. The van der Waals surface area contributed by atoms with Gasteiger partial charge in [-0.25, -0.2) is 0 Å². The lowest BCUT2D eigenvalue weighted by molar-refractivity contribution is -0.136. The van der Waals surface area contributed by atoms with Crippen molar-refractivity contribution < 1.29 is 9.53 Å². The maximum Gasteiger partial charge on any atom is 0.323 e. The summed E-state index contributed by atoms with van der Waals surface area (Å²) in [5.74, 6) is -0.740. The molecule has 1 aromatic rings. The SMILES string of the molecule is O=C1OC=CC1c1ccnnn1. The second-order valence-corrected chi connectivity index (χ2v) is 2.29. The van der Waals surface area contributed by atoms with Crippen molar-refractivity contribution in [3.8, 4) is 0 Å². The fraction of sp³-hybridized carbons (Fsp3) is 0.143. The summed E-state index contributed by atoms with van der Waals surface area (Å²) in [5.41, 5.74) is 0.559. The standard InChI is InChI=1S/C7H5N3O2/c11-7-5(2-4-12-7)6-1-3-8-10-9-6/h1-5H. The molecule has 0 aliphatic carbocycles. The molecule has 60 valence electrons. The van der Waals surface area contributed by atoms with Crippen LogP contribution in [0.4, 0.5) is 0 Å². The third-order valence-electron chi connectivity index (χ3n) is 1.55. The van der Waals surface area contributed by atoms with Crippen LogP contribution in [0, 0.1) is 0 Å². The molecule has 0 amide bonds.